The van der Waals surface area contributed by atoms with Crippen LogP contribution in [0.2, 0.25) is 10.0 Å². The van der Waals surface area contributed by atoms with Gasteiger partial charge in [-0.05, 0) is 66.2 Å². The molecule has 33 heavy (non-hydrogen) atoms. The van der Waals surface area contributed by atoms with Crippen molar-refractivity contribution >= 4 is 62.5 Å². The number of anilines is 1. The predicted molar refractivity (Wildman–Crippen MR) is 138 cm³/mol. The monoisotopic (exact) mass is 535 g/mol. The lowest BCUT2D eigenvalue weighted by molar-refractivity contribution is -0.113. The highest BCUT2D eigenvalue weighted by Gasteiger charge is 2.30. The van der Waals surface area contributed by atoms with E-state index in [2.05, 4.69) is 15.9 Å². The molecule has 0 saturated heterocycles. The van der Waals surface area contributed by atoms with Crippen LogP contribution in [0.4, 0.5) is 5.69 Å². The van der Waals surface area contributed by atoms with Crippen molar-refractivity contribution in [3.63, 3.8) is 0 Å². The summed E-state index contributed by atoms with van der Waals surface area (Å²) >= 11 is 15.9. The van der Waals surface area contributed by atoms with E-state index in [4.69, 9.17) is 27.6 Å². The molecule has 6 heteroatoms. The Morgan fingerprint density at radius 2 is 1.70 bits per heavy atom. The maximum Gasteiger partial charge on any atom is 0.263 e. The summed E-state index contributed by atoms with van der Waals surface area (Å²) in [7, 11) is 0. The fourth-order valence-electron chi connectivity index (χ4n) is 3.72. The number of halogens is 3. The van der Waals surface area contributed by atoms with Gasteiger partial charge in [-0.15, -0.1) is 0 Å². The van der Waals surface area contributed by atoms with Crippen molar-refractivity contribution < 1.29 is 9.21 Å². The van der Waals surface area contributed by atoms with Gasteiger partial charge in [0.15, 0.2) is 0 Å². The third kappa shape index (κ3) is 4.42. The number of hydrogen-bond donors (Lipinski definition) is 0. The first-order valence-corrected chi connectivity index (χ1v) is 11.7. The molecule has 1 amide bonds. The van der Waals surface area contributed by atoms with Crippen LogP contribution in [0.1, 0.15) is 11.3 Å². The van der Waals surface area contributed by atoms with E-state index in [0.717, 1.165) is 21.4 Å². The molecule has 3 aromatic carbocycles. The Bertz CT molecular complexity index is 1420. The molecular weight excluding hydrogens is 521 g/mol. The number of amides is 1. The van der Waals surface area contributed by atoms with E-state index in [1.165, 1.54) is 0 Å². The van der Waals surface area contributed by atoms with Crippen LogP contribution in [-0.4, -0.2) is 5.91 Å². The van der Waals surface area contributed by atoms with E-state index in [1.54, 1.807) is 29.2 Å². The highest BCUT2D eigenvalue weighted by molar-refractivity contribution is 9.10. The first-order valence-electron chi connectivity index (χ1n) is 10.1. The second-order valence-corrected chi connectivity index (χ2v) is 9.20. The van der Waals surface area contributed by atoms with Gasteiger partial charge in [0.1, 0.15) is 11.5 Å². The van der Waals surface area contributed by atoms with Crippen molar-refractivity contribution in [3.05, 3.63) is 122 Å². The molecule has 0 bridgehead atoms. The summed E-state index contributed by atoms with van der Waals surface area (Å²) in [5, 5.41) is 1.11. The van der Waals surface area contributed by atoms with E-state index in [0.29, 0.717) is 32.7 Å². The van der Waals surface area contributed by atoms with Crippen molar-refractivity contribution in [2.45, 2.75) is 0 Å². The summed E-state index contributed by atoms with van der Waals surface area (Å²) in [5.41, 5.74) is 3.74. The molecule has 0 saturated carbocycles. The minimum Gasteiger partial charge on any atom is -0.457 e. The van der Waals surface area contributed by atoms with Crippen molar-refractivity contribution in [2.75, 3.05) is 4.90 Å². The highest BCUT2D eigenvalue weighted by atomic mass is 79.9. The zero-order valence-electron chi connectivity index (χ0n) is 17.1. The number of benzene rings is 3. The quantitative estimate of drug-likeness (QED) is 0.245. The summed E-state index contributed by atoms with van der Waals surface area (Å²) in [6, 6.07) is 26.3. The number of furan rings is 1. The summed E-state index contributed by atoms with van der Waals surface area (Å²) in [4.78, 5) is 15.2. The average Bonchev–Trinajstić information content (AvgIpc) is 3.41. The molecule has 3 nitrogen and oxygen atoms in total. The van der Waals surface area contributed by atoms with E-state index in [9.17, 15) is 4.79 Å². The fraction of sp³-hybridized carbons (Fsp3) is 0. The Morgan fingerprint density at radius 3 is 2.48 bits per heavy atom. The van der Waals surface area contributed by atoms with E-state index in [1.807, 2.05) is 72.8 Å². The maximum absolute atomic E-state index is 13.5. The summed E-state index contributed by atoms with van der Waals surface area (Å²) in [6.07, 6.45) is 3.62. The maximum atomic E-state index is 13.5. The molecule has 0 aliphatic carbocycles. The van der Waals surface area contributed by atoms with Crippen LogP contribution in [0.15, 0.2) is 105 Å². The van der Waals surface area contributed by atoms with Crippen molar-refractivity contribution in [3.8, 4) is 11.3 Å². The van der Waals surface area contributed by atoms with E-state index in [-0.39, 0.29) is 5.91 Å². The molecule has 0 radical (unpaired) electrons. The lowest BCUT2D eigenvalue weighted by Gasteiger charge is -2.21. The first-order chi connectivity index (χ1) is 16.0. The third-order valence-electron chi connectivity index (χ3n) is 5.24. The zero-order chi connectivity index (χ0) is 22.9. The van der Waals surface area contributed by atoms with Crippen LogP contribution in [0.5, 0.6) is 0 Å². The number of carbonyl (C=O) groups excluding carboxylic acids is 1. The largest absolute Gasteiger partial charge is 0.457 e. The molecule has 162 valence electrons. The summed E-state index contributed by atoms with van der Waals surface area (Å²) < 4.78 is 6.88. The van der Waals surface area contributed by atoms with Crippen molar-refractivity contribution in [2.24, 2.45) is 0 Å². The Morgan fingerprint density at radius 1 is 0.879 bits per heavy atom. The van der Waals surface area contributed by atoms with Gasteiger partial charge in [-0.1, -0.05) is 75.5 Å². The third-order valence-corrected chi connectivity index (χ3v) is 6.30. The van der Waals surface area contributed by atoms with Gasteiger partial charge in [-0.2, -0.15) is 0 Å². The SMILES string of the molecule is O=C1/C(=C/c2ccc(-c3cc(Cl)ccc3Cl)o2)C=C(c2ccccc2)N1c1cccc(Br)c1. The lowest BCUT2D eigenvalue weighted by atomic mass is 10.1. The number of nitrogens with zero attached hydrogens (tertiary/aromatic N) is 1. The van der Waals surface area contributed by atoms with Crippen molar-refractivity contribution in [1.82, 2.24) is 0 Å². The predicted octanol–water partition coefficient (Wildman–Crippen LogP) is 8.49. The minimum absolute atomic E-state index is 0.134. The molecule has 0 N–H and O–H groups in total. The van der Waals surface area contributed by atoms with Crippen LogP contribution in [-0.2, 0) is 4.79 Å². The molecule has 1 aromatic heterocycles. The molecular formula is C27H16BrCl2NO2. The van der Waals surface area contributed by atoms with Crippen LogP contribution in [0.25, 0.3) is 23.1 Å². The van der Waals surface area contributed by atoms with Gasteiger partial charge in [0.2, 0.25) is 0 Å². The van der Waals surface area contributed by atoms with Gasteiger partial charge in [0, 0.05) is 20.6 Å². The number of rotatable bonds is 4. The molecule has 2 heterocycles. The smallest absolute Gasteiger partial charge is 0.263 e. The number of hydrogen-bond acceptors (Lipinski definition) is 2. The molecule has 1 aliphatic rings. The van der Waals surface area contributed by atoms with Gasteiger partial charge in [-0.25, -0.2) is 0 Å². The van der Waals surface area contributed by atoms with Gasteiger partial charge in [0.25, 0.3) is 5.91 Å². The Labute approximate surface area is 209 Å². The van der Waals surface area contributed by atoms with Crippen LogP contribution in [0, 0.1) is 0 Å². The molecule has 0 spiro atoms. The molecule has 4 aromatic rings. The average molecular weight is 537 g/mol. The lowest BCUT2D eigenvalue weighted by Crippen LogP contribution is -2.24. The Hall–Kier alpha value is -3.05. The second kappa shape index (κ2) is 9.06. The number of carbonyl (C=O) groups is 1. The van der Waals surface area contributed by atoms with Crippen LogP contribution < -0.4 is 4.90 Å². The molecule has 0 atom stereocenters. The Kier molecular flexibility index (Phi) is 5.98. The van der Waals surface area contributed by atoms with Gasteiger partial charge >= 0.3 is 0 Å². The topological polar surface area (TPSA) is 33.5 Å². The fourth-order valence-corrected chi connectivity index (χ4v) is 4.49. The van der Waals surface area contributed by atoms with Gasteiger partial charge in [-0.3, -0.25) is 9.69 Å². The van der Waals surface area contributed by atoms with Crippen molar-refractivity contribution in [1.29, 1.82) is 0 Å². The first kappa shape index (κ1) is 21.8. The zero-order valence-corrected chi connectivity index (χ0v) is 20.2. The van der Waals surface area contributed by atoms with Crippen LogP contribution >= 0.6 is 39.1 Å². The summed E-state index contributed by atoms with van der Waals surface area (Å²) in [5.74, 6) is 0.991. The normalized spacial score (nSPS) is 14.8. The molecule has 0 fully saturated rings. The molecule has 5 rings (SSSR count). The minimum atomic E-state index is -0.134. The molecule has 0 unspecified atom stereocenters. The van der Waals surface area contributed by atoms with Gasteiger partial charge < -0.3 is 4.42 Å². The standard InChI is InChI=1S/C27H16BrCl2NO2/c28-19-7-4-8-21(15-19)31-25(17-5-2-1-3-6-17)14-18(27(31)32)13-22-10-12-26(33-22)23-16-20(29)9-11-24(23)30/h1-16H/b18-13+. The Balaban J connectivity index is 1.56. The second-order valence-electron chi connectivity index (χ2n) is 7.44. The van der Waals surface area contributed by atoms with E-state index >= 15 is 0 Å². The van der Waals surface area contributed by atoms with Gasteiger partial charge in [0.05, 0.1) is 16.4 Å². The summed E-state index contributed by atoms with van der Waals surface area (Å²) in [6.45, 7) is 0. The highest BCUT2D eigenvalue weighted by Crippen LogP contribution is 2.37. The van der Waals surface area contributed by atoms with E-state index < -0.39 is 0 Å². The molecule has 1 aliphatic heterocycles. The van der Waals surface area contributed by atoms with Crippen LogP contribution in [0.3, 0.4) is 0 Å².